The molecule has 1 aromatic carbocycles. The van der Waals surface area contributed by atoms with E-state index in [0.717, 1.165) is 42.0 Å². The topological polar surface area (TPSA) is 35.2 Å². The lowest BCUT2D eigenvalue weighted by molar-refractivity contribution is 0.249. The fourth-order valence-corrected chi connectivity index (χ4v) is 4.49. The number of nitrogens with zero attached hydrogens (tertiary/aromatic N) is 4. The molecule has 0 spiro atoms. The molecule has 2 heterocycles. The van der Waals surface area contributed by atoms with Crippen molar-refractivity contribution in [1.29, 1.82) is 0 Å². The molecule has 2 aliphatic rings. The van der Waals surface area contributed by atoms with E-state index in [1.165, 1.54) is 50.5 Å². The molecule has 146 valence electrons. The Morgan fingerprint density at radius 2 is 1.74 bits per heavy atom. The third-order valence-electron chi connectivity index (χ3n) is 5.99. The first-order valence-electron chi connectivity index (χ1n) is 10.3. The number of hydrogen-bond acceptors (Lipinski definition) is 4. The number of aromatic nitrogens is 3. The number of rotatable bonds is 6. The van der Waals surface area contributed by atoms with E-state index in [0.29, 0.717) is 6.61 Å². The number of hydrogen-bond donors (Lipinski definition) is 0. The molecule has 6 heteroatoms. The van der Waals surface area contributed by atoms with Gasteiger partial charge in [0, 0.05) is 7.05 Å². The van der Waals surface area contributed by atoms with Crippen LogP contribution >= 0.6 is 12.2 Å². The fourth-order valence-electron chi connectivity index (χ4n) is 4.28. The zero-order valence-electron chi connectivity index (χ0n) is 16.3. The van der Waals surface area contributed by atoms with E-state index in [-0.39, 0.29) is 0 Å². The Hall–Kier alpha value is -1.66. The minimum atomic E-state index is 0.440. The predicted octanol–water partition coefficient (Wildman–Crippen LogP) is 4.63. The van der Waals surface area contributed by atoms with Gasteiger partial charge in [0.25, 0.3) is 0 Å². The molecule has 1 aliphatic heterocycles. The molecule has 4 rings (SSSR count). The summed E-state index contributed by atoms with van der Waals surface area (Å²) in [6.45, 7) is 3.49. The van der Waals surface area contributed by atoms with Crippen molar-refractivity contribution in [1.82, 2.24) is 19.2 Å². The molecule has 5 nitrogen and oxygen atoms in total. The highest BCUT2D eigenvalue weighted by molar-refractivity contribution is 7.71. The van der Waals surface area contributed by atoms with Gasteiger partial charge in [0.05, 0.1) is 6.67 Å². The van der Waals surface area contributed by atoms with Gasteiger partial charge in [-0.25, -0.2) is 4.68 Å². The molecular weight excluding hydrogens is 356 g/mol. The molecule has 1 aromatic heterocycles. The standard InChI is InChI=1S/C21H30N4OS/c1-23-20(22-25(21(23)27)16-24-13-5-6-14-24)15-26-19-11-9-18(10-12-19)17-7-3-2-4-8-17/h9-12,17H,2-8,13-16H2,1H3. The first-order chi connectivity index (χ1) is 13.2. The van der Waals surface area contributed by atoms with Crippen molar-refractivity contribution in [2.75, 3.05) is 13.1 Å². The van der Waals surface area contributed by atoms with Crippen molar-refractivity contribution in [2.45, 2.75) is 64.1 Å². The van der Waals surface area contributed by atoms with Gasteiger partial charge in [0.15, 0.2) is 10.6 Å². The summed E-state index contributed by atoms with van der Waals surface area (Å²) >= 11 is 5.55. The lowest BCUT2D eigenvalue weighted by atomic mass is 9.84. The zero-order valence-corrected chi connectivity index (χ0v) is 17.1. The summed E-state index contributed by atoms with van der Waals surface area (Å²) in [5, 5.41) is 4.69. The quantitative estimate of drug-likeness (QED) is 0.678. The van der Waals surface area contributed by atoms with Crippen LogP contribution < -0.4 is 4.74 Å². The molecule has 0 amide bonds. The van der Waals surface area contributed by atoms with Crippen LogP contribution in [0.25, 0.3) is 0 Å². The summed E-state index contributed by atoms with van der Waals surface area (Å²) in [6, 6.07) is 8.66. The summed E-state index contributed by atoms with van der Waals surface area (Å²) in [4.78, 5) is 2.40. The second-order valence-electron chi connectivity index (χ2n) is 7.92. The summed E-state index contributed by atoms with van der Waals surface area (Å²) in [7, 11) is 1.97. The van der Waals surface area contributed by atoms with E-state index in [1.54, 1.807) is 0 Å². The van der Waals surface area contributed by atoms with Gasteiger partial charge in [-0.3, -0.25) is 4.90 Å². The maximum Gasteiger partial charge on any atom is 0.198 e. The van der Waals surface area contributed by atoms with Gasteiger partial charge in [0.2, 0.25) is 0 Å². The van der Waals surface area contributed by atoms with E-state index >= 15 is 0 Å². The lowest BCUT2D eigenvalue weighted by Gasteiger charge is -2.22. The van der Waals surface area contributed by atoms with Gasteiger partial charge in [0.1, 0.15) is 12.4 Å². The third kappa shape index (κ3) is 4.43. The summed E-state index contributed by atoms with van der Waals surface area (Å²) < 4.78 is 10.6. The van der Waals surface area contributed by atoms with Gasteiger partial charge < -0.3 is 9.30 Å². The van der Waals surface area contributed by atoms with Gasteiger partial charge >= 0.3 is 0 Å². The maximum atomic E-state index is 6.00. The molecule has 1 aliphatic carbocycles. The molecular formula is C21H30N4OS. The Bertz CT molecular complexity index is 799. The Morgan fingerprint density at radius 3 is 2.44 bits per heavy atom. The van der Waals surface area contributed by atoms with Crippen LogP contribution in [0.3, 0.4) is 0 Å². The third-order valence-corrected chi connectivity index (χ3v) is 6.47. The average molecular weight is 387 g/mol. The molecule has 2 aromatic rings. The molecule has 1 saturated heterocycles. The van der Waals surface area contributed by atoms with Crippen LogP contribution in [0.5, 0.6) is 5.75 Å². The van der Waals surface area contributed by atoms with Gasteiger partial charge in [-0.15, -0.1) is 0 Å². The highest BCUT2D eigenvalue weighted by atomic mass is 32.1. The second-order valence-corrected chi connectivity index (χ2v) is 8.28. The average Bonchev–Trinajstić information content (AvgIpc) is 3.32. The van der Waals surface area contributed by atoms with Crippen LogP contribution in [0.1, 0.15) is 62.3 Å². The van der Waals surface area contributed by atoms with Crippen LogP contribution in [0.2, 0.25) is 0 Å². The molecule has 0 radical (unpaired) electrons. The van der Waals surface area contributed by atoms with Gasteiger partial charge in [-0.1, -0.05) is 31.4 Å². The number of ether oxygens (including phenoxy) is 1. The summed E-state index contributed by atoms with van der Waals surface area (Å²) in [5.74, 6) is 2.50. The maximum absolute atomic E-state index is 6.00. The van der Waals surface area contributed by atoms with E-state index in [9.17, 15) is 0 Å². The highest BCUT2D eigenvalue weighted by Gasteiger charge is 2.16. The largest absolute Gasteiger partial charge is 0.486 e. The number of benzene rings is 1. The van der Waals surface area contributed by atoms with Crippen LogP contribution in [0, 0.1) is 4.77 Å². The number of likely N-dealkylation sites (tertiary alicyclic amines) is 1. The van der Waals surface area contributed by atoms with E-state index in [4.69, 9.17) is 17.0 Å². The SMILES string of the molecule is Cn1c(COc2ccc(C3CCCCC3)cc2)nn(CN2CCCC2)c1=S. The Balaban J connectivity index is 1.37. The molecule has 0 bridgehead atoms. The van der Waals surface area contributed by atoms with E-state index in [1.807, 2.05) is 16.3 Å². The zero-order chi connectivity index (χ0) is 18.6. The summed E-state index contributed by atoms with van der Waals surface area (Å²) in [5.41, 5.74) is 1.45. The van der Waals surface area contributed by atoms with Crippen LogP contribution in [-0.4, -0.2) is 32.3 Å². The Morgan fingerprint density at radius 1 is 1.04 bits per heavy atom. The first kappa shape index (κ1) is 18.7. The van der Waals surface area contributed by atoms with Crippen molar-refractivity contribution in [3.63, 3.8) is 0 Å². The van der Waals surface area contributed by atoms with Crippen molar-refractivity contribution in [2.24, 2.45) is 7.05 Å². The van der Waals surface area contributed by atoms with Gasteiger partial charge in [-0.05, 0) is 74.6 Å². The summed E-state index contributed by atoms with van der Waals surface area (Å²) in [6.07, 6.45) is 9.31. The lowest BCUT2D eigenvalue weighted by Crippen LogP contribution is -2.23. The molecule has 27 heavy (non-hydrogen) atoms. The van der Waals surface area contributed by atoms with Crippen LogP contribution in [-0.2, 0) is 20.3 Å². The van der Waals surface area contributed by atoms with Crippen LogP contribution in [0.4, 0.5) is 0 Å². The van der Waals surface area contributed by atoms with Crippen molar-refractivity contribution in [3.8, 4) is 5.75 Å². The van der Waals surface area contributed by atoms with Crippen LogP contribution in [0.15, 0.2) is 24.3 Å². The molecule has 0 unspecified atom stereocenters. The smallest absolute Gasteiger partial charge is 0.198 e. The van der Waals surface area contributed by atoms with Crippen molar-refractivity contribution in [3.05, 3.63) is 40.4 Å². The second kappa shape index (κ2) is 8.57. The highest BCUT2D eigenvalue weighted by Crippen LogP contribution is 2.33. The fraction of sp³-hybridized carbons (Fsp3) is 0.619. The minimum Gasteiger partial charge on any atom is -0.486 e. The van der Waals surface area contributed by atoms with Gasteiger partial charge in [-0.2, -0.15) is 5.10 Å². The predicted molar refractivity (Wildman–Crippen MR) is 109 cm³/mol. The molecule has 2 fully saturated rings. The molecule has 1 saturated carbocycles. The van der Waals surface area contributed by atoms with E-state index in [2.05, 4.69) is 34.3 Å². The monoisotopic (exact) mass is 386 g/mol. The molecule has 0 atom stereocenters. The van der Waals surface area contributed by atoms with E-state index < -0.39 is 0 Å². The normalized spacial score (nSPS) is 18.9. The first-order valence-corrected chi connectivity index (χ1v) is 10.7. The Kier molecular flexibility index (Phi) is 5.93. The Labute approximate surface area is 166 Å². The van der Waals surface area contributed by atoms with Crippen molar-refractivity contribution < 1.29 is 4.74 Å². The van der Waals surface area contributed by atoms with Crippen molar-refractivity contribution >= 4 is 12.2 Å². The molecule has 0 N–H and O–H groups in total. The minimum absolute atomic E-state index is 0.440.